The molecule has 3 heteroatoms. The summed E-state index contributed by atoms with van der Waals surface area (Å²) in [6, 6.07) is 4.11. The fraction of sp³-hybridized carbons (Fsp3) is 0.462. The van der Waals surface area contributed by atoms with Crippen molar-refractivity contribution in [3.05, 3.63) is 36.5 Å². The molecule has 0 aliphatic heterocycles. The monoisotopic (exact) mass is 219 g/mol. The molecular formula is C13H21N3. The lowest BCUT2D eigenvalue weighted by Crippen LogP contribution is -2.19. The fourth-order valence-electron chi connectivity index (χ4n) is 1.48. The smallest absolute Gasteiger partial charge is 0.128 e. The molecule has 88 valence electrons. The average molecular weight is 219 g/mol. The predicted octanol–water partition coefficient (Wildman–Crippen LogP) is 2.50. The summed E-state index contributed by atoms with van der Waals surface area (Å²) < 4.78 is 0. The molecule has 0 aromatic carbocycles. The first-order valence-corrected chi connectivity index (χ1v) is 5.68. The van der Waals surface area contributed by atoms with Crippen LogP contribution in [0, 0.1) is 0 Å². The number of allylic oxidation sites excluding steroid dienone is 1. The van der Waals surface area contributed by atoms with E-state index in [1.807, 2.05) is 31.3 Å². The highest BCUT2D eigenvalue weighted by Gasteiger charge is 2.03. The second kappa shape index (κ2) is 6.28. The number of pyridine rings is 1. The Bertz CT molecular complexity index is 316. The topological polar surface area (TPSA) is 42.1 Å². The van der Waals surface area contributed by atoms with Gasteiger partial charge in [0.2, 0.25) is 0 Å². The second-order valence-corrected chi connectivity index (χ2v) is 4.09. The number of hydrogen-bond acceptors (Lipinski definition) is 3. The molecule has 2 N–H and O–H groups in total. The molecule has 0 saturated carbocycles. The van der Waals surface area contributed by atoms with Crippen LogP contribution in [-0.4, -0.2) is 18.6 Å². The molecule has 0 amide bonds. The van der Waals surface area contributed by atoms with Crippen molar-refractivity contribution in [2.24, 2.45) is 5.73 Å². The van der Waals surface area contributed by atoms with Crippen molar-refractivity contribution in [1.82, 2.24) is 4.98 Å². The minimum Gasteiger partial charge on any atom is -0.360 e. The van der Waals surface area contributed by atoms with Crippen molar-refractivity contribution < 1.29 is 0 Å². The number of nitrogens with zero attached hydrogens (tertiary/aromatic N) is 2. The van der Waals surface area contributed by atoms with E-state index in [9.17, 15) is 0 Å². The summed E-state index contributed by atoms with van der Waals surface area (Å²) >= 11 is 0. The first-order valence-electron chi connectivity index (χ1n) is 5.68. The summed E-state index contributed by atoms with van der Waals surface area (Å²) in [6.45, 7) is 6.67. The van der Waals surface area contributed by atoms with Crippen molar-refractivity contribution in [1.29, 1.82) is 0 Å². The van der Waals surface area contributed by atoms with Crippen molar-refractivity contribution in [3.8, 4) is 0 Å². The number of hydrogen-bond donors (Lipinski definition) is 1. The Morgan fingerprint density at radius 2 is 2.31 bits per heavy atom. The van der Waals surface area contributed by atoms with Gasteiger partial charge < -0.3 is 10.6 Å². The van der Waals surface area contributed by atoms with Gasteiger partial charge in [0.1, 0.15) is 5.82 Å². The van der Waals surface area contributed by atoms with E-state index in [-0.39, 0.29) is 6.04 Å². The summed E-state index contributed by atoms with van der Waals surface area (Å²) in [7, 11) is 2.05. The van der Waals surface area contributed by atoms with E-state index in [0.29, 0.717) is 0 Å². The lowest BCUT2D eigenvalue weighted by atomic mass is 10.1. The molecule has 1 atom stereocenters. The number of nitrogens with two attached hydrogens (primary N) is 1. The van der Waals surface area contributed by atoms with E-state index < -0.39 is 0 Å². The van der Waals surface area contributed by atoms with Gasteiger partial charge in [-0.15, -0.1) is 6.58 Å². The van der Waals surface area contributed by atoms with Gasteiger partial charge in [0.05, 0.1) is 0 Å². The lowest BCUT2D eigenvalue weighted by Gasteiger charge is -2.18. The van der Waals surface area contributed by atoms with Crippen LogP contribution in [0.5, 0.6) is 0 Å². The summed E-state index contributed by atoms with van der Waals surface area (Å²) in [4.78, 5) is 6.55. The first-order chi connectivity index (χ1) is 7.65. The van der Waals surface area contributed by atoms with Gasteiger partial charge in [-0.25, -0.2) is 4.98 Å². The Hall–Kier alpha value is -1.35. The van der Waals surface area contributed by atoms with Gasteiger partial charge in [-0.1, -0.05) is 12.1 Å². The standard InChI is InChI=1S/C13H21N3/c1-4-5-6-9-16(3)13-8-7-12(10-15-13)11(2)14/h4,7-8,10-11H,1,5-6,9,14H2,2-3H3. The van der Waals surface area contributed by atoms with Gasteiger partial charge in [-0.2, -0.15) is 0 Å². The van der Waals surface area contributed by atoms with E-state index in [1.165, 1.54) is 0 Å². The van der Waals surface area contributed by atoms with Crippen LogP contribution < -0.4 is 10.6 Å². The minimum absolute atomic E-state index is 0.0487. The predicted molar refractivity (Wildman–Crippen MR) is 69.5 cm³/mol. The number of unbranched alkanes of at least 4 members (excludes halogenated alkanes) is 1. The van der Waals surface area contributed by atoms with Crippen molar-refractivity contribution in [3.63, 3.8) is 0 Å². The zero-order chi connectivity index (χ0) is 12.0. The molecule has 1 aromatic rings. The van der Waals surface area contributed by atoms with Crippen LogP contribution in [0.25, 0.3) is 0 Å². The van der Waals surface area contributed by atoms with Gasteiger partial charge in [0, 0.05) is 25.8 Å². The third-order valence-electron chi connectivity index (χ3n) is 2.59. The van der Waals surface area contributed by atoms with Crippen LogP contribution in [-0.2, 0) is 0 Å². The van der Waals surface area contributed by atoms with E-state index in [1.54, 1.807) is 0 Å². The number of rotatable bonds is 6. The van der Waals surface area contributed by atoms with Gasteiger partial charge in [-0.05, 0) is 31.4 Å². The van der Waals surface area contributed by atoms with E-state index in [4.69, 9.17) is 5.73 Å². The Balaban J connectivity index is 2.55. The molecule has 0 aliphatic rings. The van der Waals surface area contributed by atoms with Crippen LogP contribution in [0.3, 0.4) is 0 Å². The maximum Gasteiger partial charge on any atom is 0.128 e. The summed E-state index contributed by atoms with van der Waals surface area (Å²) in [6.07, 6.45) is 5.95. The van der Waals surface area contributed by atoms with Gasteiger partial charge >= 0.3 is 0 Å². The van der Waals surface area contributed by atoms with Crippen LogP contribution in [0.4, 0.5) is 5.82 Å². The van der Waals surface area contributed by atoms with Crippen LogP contribution in [0.15, 0.2) is 31.0 Å². The highest BCUT2D eigenvalue weighted by molar-refractivity contribution is 5.38. The maximum atomic E-state index is 5.77. The largest absolute Gasteiger partial charge is 0.360 e. The number of aromatic nitrogens is 1. The van der Waals surface area contributed by atoms with Gasteiger partial charge in [0.25, 0.3) is 0 Å². The van der Waals surface area contributed by atoms with E-state index in [2.05, 4.69) is 23.5 Å². The average Bonchev–Trinajstić information content (AvgIpc) is 2.29. The SMILES string of the molecule is C=CCCCN(C)c1ccc(C(C)N)cn1. The van der Waals surface area contributed by atoms with Gasteiger partial charge in [0.15, 0.2) is 0 Å². The molecule has 3 nitrogen and oxygen atoms in total. The molecule has 1 rings (SSSR count). The number of anilines is 1. The highest BCUT2D eigenvalue weighted by atomic mass is 15.2. The molecule has 0 spiro atoms. The molecule has 16 heavy (non-hydrogen) atoms. The normalized spacial score (nSPS) is 12.2. The Labute approximate surface area is 98.0 Å². The zero-order valence-corrected chi connectivity index (χ0v) is 10.2. The van der Waals surface area contributed by atoms with Crippen molar-refractivity contribution in [2.75, 3.05) is 18.5 Å². The van der Waals surface area contributed by atoms with Crippen LogP contribution in [0.2, 0.25) is 0 Å². The van der Waals surface area contributed by atoms with E-state index >= 15 is 0 Å². The molecule has 0 fully saturated rings. The lowest BCUT2D eigenvalue weighted by molar-refractivity contribution is 0.783. The molecule has 0 saturated heterocycles. The molecule has 1 unspecified atom stereocenters. The van der Waals surface area contributed by atoms with Crippen molar-refractivity contribution in [2.45, 2.75) is 25.8 Å². The quantitative estimate of drug-likeness (QED) is 0.590. The Morgan fingerprint density at radius 1 is 1.56 bits per heavy atom. The summed E-state index contributed by atoms with van der Waals surface area (Å²) in [5, 5.41) is 0. The summed E-state index contributed by atoms with van der Waals surface area (Å²) in [5.41, 5.74) is 6.85. The second-order valence-electron chi connectivity index (χ2n) is 4.09. The van der Waals surface area contributed by atoms with Crippen LogP contribution >= 0.6 is 0 Å². The first kappa shape index (κ1) is 12.7. The zero-order valence-electron chi connectivity index (χ0n) is 10.2. The third kappa shape index (κ3) is 3.66. The molecule has 0 bridgehead atoms. The Morgan fingerprint density at radius 3 is 2.81 bits per heavy atom. The van der Waals surface area contributed by atoms with Gasteiger partial charge in [-0.3, -0.25) is 0 Å². The highest BCUT2D eigenvalue weighted by Crippen LogP contribution is 2.13. The molecule has 1 heterocycles. The van der Waals surface area contributed by atoms with Crippen LogP contribution in [0.1, 0.15) is 31.4 Å². The Kier molecular flexibility index (Phi) is 4.99. The van der Waals surface area contributed by atoms with E-state index in [0.717, 1.165) is 30.8 Å². The maximum absolute atomic E-state index is 5.77. The molecule has 0 radical (unpaired) electrons. The molecular weight excluding hydrogens is 198 g/mol. The fourth-order valence-corrected chi connectivity index (χ4v) is 1.48. The third-order valence-corrected chi connectivity index (χ3v) is 2.59. The molecule has 0 aliphatic carbocycles. The van der Waals surface area contributed by atoms with Crippen molar-refractivity contribution >= 4 is 5.82 Å². The summed E-state index contributed by atoms with van der Waals surface area (Å²) in [5.74, 6) is 0.994. The molecule has 1 aromatic heterocycles. The minimum atomic E-state index is 0.0487.